The Hall–Kier alpha value is -7.21. The fourth-order valence-corrected chi connectivity index (χ4v) is 9.80. The van der Waals surface area contributed by atoms with E-state index in [2.05, 4.69) is 146 Å². The van der Waals surface area contributed by atoms with Crippen LogP contribution in [-0.2, 0) is 0 Å². The lowest BCUT2D eigenvalue weighted by molar-refractivity contribution is 0.669. The van der Waals surface area contributed by atoms with Crippen molar-refractivity contribution in [1.82, 2.24) is 15.0 Å². The lowest BCUT2D eigenvalue weighted by Gasteiger charge is -2.12. The van der Waals surface area contributed by atoms with E-state index in [4.69, 9.17) is 19.4 Å². The van der Waals surface area contributed by atoms with Gasteiger partial charge in [-0.15, -0.1) is 11.3 Å². The molecule has 9 aromatic carbocycles. The van der Waals surface area contributed by atoms with Gasteiger partial charge < -0.3 is 4.42 Å². The van der Waals surface area contributed by atoms with E-state index in [1.165, 1.54) is 58.1 Å². The molecule has 0 aliphatic rings. The summed E-state index contributed by atoms with van der Waals surface area (Å²) in [6, 6.07) is 62.0. The van der Waals surface area contributed by atoms with Crippen molar-refractivity contribution in [1.29, 1.82) is 0 Å². The van der Waals surface area contributed by atoms with Crippen LogP contribution < -0.4 is 0 Å². The van der Waals surface area contributed by atoms with Gasteiger partial charge in [-0.1, -0.05) is 146 Å². The maximum atomic E-state index is 6.70. The Balaban J connectivity index is 1.15. The van der Waals surface area contributed by atoms with Gasteiger partial charge in [0.1, 0.15) is 11.2 Å². The highest BCUT2D eigenvalue weighted by atomic mass is 32.1. The molecule has 12 rings (SSSR count). The van der Waals surface area contributed by atoms with Crippen LogP contribution in [0.1, 0.15) is 0 Å². The summed E-state index contributed by atoms with van der Waals surface area (Å²) in [6.45, 7) is 0. The highest BCUT2D eigenvalue weighted by Crippen LogP contribution is 2.48. The molecule has 4 nitrogen and oxygen atoms in total. The first-order valence-electron chi connectivity index (χ1n) is 18.8. The fraction of sp³-hybridized carbons (Fsp3) is 0. The topological polar surface area (TPSA) is 51.8 Å². The van der Waals surface area contributed by atoms with Gasteiger partial charge in [0.2, 0.25) is 0 Å². The molecule has 0 amide bonds. The van der Waals surface area contributed by atoms with Crippen LogP contribution in [0.4, 0.5) is 0 Å². The molecule has 0 atom stereocenters. The van der Waals surface area contributed by atoms with Crippen LogP contribution in [0.5, 0.6) is 0 Å². The van der Waals surface area contributed by atoms with Gasteiger partial charge in [0.05, 0.1) is 0 Å². The number of aromatic nitrogens is 3. The van der Waals surface area contributed by atoms with Crippen molar-refractivity contribution in [2.24, 2.45) is 0 Å². The van der Waals surface area contributed by atoms with Gasteiger partial charge in [0.25, 0.3) is 0 Å². The van der Waals surface area contributed by atoms with E-state index in [1.807, 2.05) is 41.7 Å². The van der Waals surface area contributed by atoms with Crippen molar-refractivity contribution < 1.29 is 4.42 Å². The number of rotatable bonds is 4. The van der Waals surface area contributed by atoms with E-state index in [0.29, 0.717) is 17.5 Å². The largest absolute Gasteiger partial charge is 0.456 e. The predicted molar refractivity (Wildman–Crippen MR) is 234 cm³/mol. The zero-order valence-electron chi connectivity index (χ0n) is 29.9. The van der Waals surface area contributed by atoms with Gasteiger partial charge in [0, 0.05) is 47.6 Å². The highest BCUT2D eigenvalue weighted by molar-refractivity contribution is 7.26. The third-order valence-corrected chi connectivity index (χ3v) is 12.3. The van der Waals surface area contributed by atoms with Crippen molar-refractivity contribution in [3.8, 4) is 45.3 Å². The van der Waals surface area contributed by atoms with Gasteiger partial charge in [-0.25, -0.2) is 15.0 Å². The van der Waals surface area contributed by atoms with E-state index >= 15 is 0 Å². The Bertz CT molecular complexity index is 3550. The van der Waals surface area contributed by atoms with Crippen LogP contribution >= 0.6 is 11.3 Å². The minimum absolute atomic E-state index is 0.597. The normalized spacial score (nSPS) is 11.9. The summed E-state index contributed by atoms with van der Waals surface area (Å²) in [6.07, 6.45) is 0. The van der Waals surface area contributed by atoms with Crippen LogP contribution in [0, 0.1) is 0 Å². The first-order chi connectivity index (χ1) is 27.7. The SMILES string of the molecule is c1ccc(-c2nc(-c3ccc4ccc5ccccc5c4c3)nc(-c3cccc4oc5cccc(-c6cc7ccccc7c7sc8ccccc8c67)c5c34)n2)cc1. The zero-order chi connectivity index (χ0) is 36.7. The van der Waals surface area contributed by atoms with Crippen LogP contribution in [0.3, 0.4) is 0 Å². The molecule has 0 saturated heterocycles. The molecule has 0 spiro atoms. The van der Waals surface area contributed by atoms with Gasteiger partial charge >= 0.3 is 0 Å². The summed E-state index contributed by atoms with van der Waals surface area (Å²) < 4.78 is 9.26. The minimum atomic E-state index is 0.597. The fourth-order valence-electron chi connectivity index (χ4n) is 8.53. The van der Waals surface area contributed by atoms with Gasteiger partial charge in [0.15, 0.2) is 17.5 Å². The Morgan fingerprint density at radius 3 is 1.79 bits per heavy atom. The van der Waals surface area contributed by atoms with Gasteiger partial charge in [-0.3, -0.25) is 0 Å². The minimum Gasteiger partial charge on any atom is -0.456 e. The molecule has 0 radical (unpaired) electrons. The molecule has 0 aliphatic heterocycles. The van der Waals surface area contributed by atoms with Crippen LogP contribution in [0.15, 0.2) is 180 Å². The summed E-state index contributed by atoms with van der Waals surface area (Å²) in [5.41, 5.74) is 6.67. The first-order valence-corrected chi connectivity index (χ1v) is 19.6. The smallest absolute Gasteiger partial charge is 0.164 e. The second-order valence-corrected chi connectivity index (χ2v) is 15.4. The summed E-state index contributed by atoms with van der Waals surface area (Å²) in [5, 5.41) is 11.8. The van der Waals surface area contributed by atoms with Crippen molar-refractivity contribution in [2.45, 2.75) is 0 Å². The Morgan fingerprint density at radius 2 is 0.964 bits per heavy atom. The van der Waals surface area contributed by atoms with Crippen molar-refractivity contribution in [2.75, 3.05) is 0 Å². The number of thiophene rings is 1. The molecule has 0 aliphatic carbocycles. The number of hydrogen-bond acceptors (Lipinski definition) is 5. The average Bonchev–Trinajstić information content (AvgIpc) is 3.86. The number of nitrogens with zero attached hydrogens (tertiary/aromatic N) is 3. The second-order valence-electron chi connectivity index (χ2n) is 14.3. The quantitative estimate of drug-likeness (QED) is 0.169. The van der Waals surface area contributed by atoms with E-state index in [-0.39, 0.29) is 0 Å². The summed E-state index contributed by atoms with van der Waals surface area (Å²) >= 11 is 1.86. The van der Waals surface area contributed by atoms with Crippen molar-refractivity contribution in [3.63, 3.8) is 0 Å². The Kier molecular flexibility index (Phi) is 6.76. The average molecular weight is 732 g/mol. The lowest BCUT2D eigenvalue weighted by atomic mass is 9.92. The molecule has 0 bridgehead atoms. The predicted octanol–water partition coefficient (Wildman–Crippen LogP) is 14.3. The van der Waals surface area contributed by atoms with E-state index in [0.717, 1.165) is 44.2 Å². The van der Waals surface area contributed by atoms with Crippen LogP contribution in [0.25, 0.3) is 120 Å². The number of benzene rings is 9. The Morgan fingerprint density at radius 1 is 0.357 bits per heavy atom. The standard InChI is InChI=1S/C51H29N3OS/c1-2-13-32(14-3-1)49-52-50(34-27-26-31-25-24-30-12-4-6-16-35(30)40(31)29-34)54-51(53-49)39-20-11-22-43-47(39)46-37(19-10-21-42(46)55-43)41-28-33-15-5-7-17-36(33)48-45(41)38-18-8-9-23-44(38)56-48/h1-29H. The number of hydrogen-bond donors (Lipinski definition) is 0. The molecular weight excluding hydrogens is 703 g/mol. The highest BCUT2D eigenvalue weighted by Gasteiger charge is 2.22. The third kappa shape index (κ3) is 4.75. The van der Waals surface area contributed by atoms with E-state index in [9.17, 15) is 0 Å². The zero-order valence-corrected chi connectivity index (χ0v) is 30.7. The summed E-state index contributed by atoms with van der Waals surface area (Å²) in [5.74, 6) is 1.84. The maximum Gasteiger partial charge on any atom is 0.164 e. The molecule has 0 N–H and O–H groups in total. The Labute approximate surface area is 325 Å². The number of fused-ring (bicyclic) bond motifs is 11. The molecule has 3 aromatic heterocycles. The maximum absolute atomic E-state index is 6.70. The summed E-state index contributed by atoms with van der Waals surface area (Å²) in [4.78, 5) is 15.6. The molecule has 260 valence electrons. The van der Waals surface area contributed by atoms with Crippen molar-refractivity contribution >= 4 is 85.8 Å². The van der Waals surface area contributed by atoms with E-state index in [1.54, 1.807) is 0 Å². The monoisotopic (exact) mass is 731 g/mol. The third-order valence-electron chi connectivity index (χ3n) is 11.1. The molecule has 5 heteroatoms. The van der Waals surface area contributed by atoms with Gasteiger partial charge in [-0.05, 0) is 73.8 Å². The molecule has 0 fully saturated rings. The van der Waals surface area contributed by atoms with Crippen LogP contribution in [0.2, 0.25) is 0 Å². The van der Waals surface area contributed by atoms with Crippen LogP contribution in [-0.4, -0.2) is 15.0 Å². The van der Waals surface area contributed by atoms with E-state index < -0.39 is 0 Å². The summed E-state index contributed by atoms with van der Waals surface area (Å²) in [7, 11) is 0. The molecule has 56 heavy (non-hydrogen) atoms. The molecule has 3 heterocycles. The molecule has 0 saturated carbocycles. The molecule has 0 unspecified atom stereocenters. The second kappa shape index (κ2) is 12.2. The number of furan rings is 1. The molecular formula is C51H29N3OS. The first kappa shape index (κ1) is 31.2. The lowest BCUT2D eigenvalue weighted by Crippen LogP contribution is -2.00. The van der Waals surface area contributed by atoms with Gasteiger partial charge in [-0.2, -0.15) is 0 Å². The molecule has 12 aromatic rings. The van der Waals surface area contributed by atoms with Crippen molar-refractivity contribution in [3.05, 3.63) is 176 Å².